The van der Waals surface area contributed by atoms with E-state index in [1.807, 2.05) is 20.2 Å². The fourth-order valence-corrected chi connectivity index (χ4v) is 2.14. The number of nitrogens with one attached hydrogen (secondary N) is 1. The Morgan fingerprint density at radius 1 is 1.05 bits per heavy atom. The van der Waals surface area contributed by atoms with Crippen molar-refractivity contribution in [2.24, 2.45) is 0 Å². The van der Waals surface area contributed by atoms with E-state index in [0.29, 0.717) is 0 Å². The third-order valence-electron chi connectivity index (χ3n) is 3.28. The molecular weight excluding hydrogens is 246 g/mol. The van der Waals surface area contributed by atoms with E-state index in [0.717, 1.165) is 16.7 Å². The van der Waals surface area contributed by atoms with Gasteiger partial charge in [0.1, 0.15) is 5.65 Å². The number of benzene rings is 1. The lowest BCUT2D eigenvalue weighted by Gasteiger charge is -2.11. The number of anilines is 1. The number of hydrogen-bond donors (Lipinski definition) is 1. The maximum Gasteiger partial charge on any atom is 0.137 e. The standard InChI is InChI=1S/C17H17N3/c1-20(2)16-9-6-13(7-10-16)5-8-15-12-14-4-3-11-18-17(14)19-15/h3-12H,1-2H3,(H,18,19)/b8-5+. The molecule has 0 radical (unpaired) electrons. The van der Waals surface area contributed by atoms with Crippen molar-refractivity contribution in [1.82, 2.24) is 9.97 Å². The molecule has 3 aromatic rings. The summed E-state index contributed by atoms with van der Waals surface area (Å²) in [6.07, 6.45) is 5.98. The van der Waals surface area contributed by atoms with Crippen LogP contribution in [-0.2, 0) is 0 Å². The first-order valence-electron chi connectivity index (χ1n) is 6.61. The number of rotatable bonds is 3. The number of nitrogens with zero attached hydrogens (tertiary/aromatic N) is 2. The predicted octanol–water partition coefficient (Wildman–Crippen LogP) is 3.80. The van der Waals surface area contributed by atoms with Crippen LogP contribution in [0.5, 0.6) is 0 Å². The fraction of sp³-hybridized carbons (Fsp3) is 0.118. The lowest BCUT2D eigenvalue weighted by Crippen LogP contribution is -2.07. The van der Waals surface area contributed by atoms with E-state index in [4.69, 9.17) is 0 Å². The largest absolute Gasteiger partial charge is 0.378 e. The van der Waals surface area contributed by atoms with Crippen LogP contribution >= 0.6 is 0 Å². The molecule has 0 aliphatic rings. The maximum absolute atomic E-state index is 4.29. The van der Waals surface area contributed by atoms with E-state index in [1.54, 1.807) is 6.20 Å². The number of aromatic nitrogens is 2. The molecular formula is C17H17N3. The zero-order valence-electron chi connectivity index (χ0n) is 11.7. The van der Waals surface area contributed by atoms with E-state index < -0.39 is 0 Å². The Kier molecular flexibility index (Phi) is 3.25. The first-order valence-corrected chi connectivity index (χ1v) is 6.61. The molecule has 0 atom stereocenters. The van der Waals surface area contributed by atoms with Crippen LogP contribution in [-0.4, -0.2) is 24.1 Å². The van der Waals surface area contributed by atoms with Gasteiger partial charge in [-0.2, -0.15) is 0 Å². The minimum atomic E-state index is 0.926. The molecule has 2 heterocycles. The van der Waals surface area contributed by atoms with Gasteiger partial charge in [-0.15, -0.1) is 0 Å². The second-order valence-corrected chi connectivity index (χ2v) is 4.99. The summed E-state index contributed by atoms with van der Waals surface area (Å²) < 4.78 is 0. The van der Waals surface area contributed by atoms with E-state index in [9.17, 15) is 0 Å². The summed E-state index contributed by atoms with van der Waals surface area (Å²) in [5, 5.41) is 1.13. The van der Waals surface area contributed by atoms with Gasteiger partial charge in [0.15, 0.2) is 0 Å². The van der Waals surface area contributed by atoms with Crippen LogP contribution in [0.3, 0.4) is 0 Å². The monoisotopic (exact) mass is 263 g/mol. The van der Waals surface area contributed by atoms with Gasteiger partial charge in [-0.3, -0.25) is 0 Å². The van der Waals surface area contributed by atoms with Crippen LogP contribution in [0.2, 0.25) is 0 Å². The molecule has 2 aromatic heterocycles. The second-order valence-electron chi connectivity index (χ2n) is 4.99. The first-order chi connectivity index (χ1) is 9.72. The normalized spacial score (nSPS) is 11.3. The van der Waals surface area contributed by atoms with Crippen molar-refractivity contribution in [2.45, 2.75) is 0 Å². The molecule has 20 heavy (non-hydrogen) atoms. The summed E-state index contributed by atoms with van der Waals surface area (Å²) >= 11 is 0. The Hall–Kier alpha value is -2.55. The van der Waals surface area contributed by atoms with Crippen LogP contribution in [0.1, 0.15) is 11.3 Å². The molecule has 1 N–H and O–H groups in total. The number of fused-ring (bicyclic) bond motifs is 1. The van der Waals surface area contributed by atoms with Gasteiger partial charge < -0.3 is 9.88 Å². The smallest absolute Gasteiger partial charge is 0.137 e. The van der Waals surface area contributed by atoms with Gasteiger partial charge in [0, 0.05) is 37.1 Å². The zero-order valence-corrected chi connectivity index (χ0v) is 11.7. The van der Waals surface area contributed by atoms with Crippen molar-refractivity contribution >= 4 is 28.9 Å². The fourth-order valence-electron chi connectivity index (χ4n) is 2.14. The molecule has 3 rings (SSSR count). The summed E-state index contributed by atoms with van der Waals surface area (Å²) in [7, 11) is 4.09. The van der Waals surface area contributed by atoms with Crippen molar-refractivity contribution < 1.29 is 0 Å². The molecule has 100 valence electrons. The summed E-state index contributed by atoms with van der Waals surface area (Å²) in [5.74, 6) is 0. The van der Waals surface area contributed by atoms with Gasteiger partial charge in [-0.05, 0) is 42.0 Å². The average Bonchev–Trinajstić information content (AvgIpc) is 2.88. The van der Waals surface area contributed by atoms with E-state index in [1.165, 1.54) is 11.3 Å². The SMILES string of the molecule is CN(C)c1ccc(/C=C/c2cc3cccnc3[nH]2)cc1. The van der Waals surface area contributed by atoms with Crippen molar-refractivity contribution in [3.05, 3.63) is 59.9 Å². The molecule has 3 heteroatoms. The third kappa shape index (κ3) is 2.57. The summed E-state index contributed by atoms with van der Waals surface area (Å²) in [5.41, 5.74) is 4.38. The molecule has 0 saturated heterocycles. The predicted molar refractivity (Wildman–Crippen MR) is 85.8 cm³/mol. The van der Waals surface area contributed by atoms with Crippen LogP contribution < -0.4 is 4.90 Å². The van der Waals surface area contributed by atoms with E-state index in [2.05, 4.69) is 63.4 Å². The molecule has 1 aromatic carbocycles. The van der Waals surface area contributed by atoms with Crippen LogP contribution in [0, 0.1) is 0 Å². The van der Waals surface area contributed by atoms with Crippen molar-refractivity contribution in [1.29, 1.82) is 0 Å². The molecule has 0 unspecified atom stereocenters. The molecule has 0 amide bonds. The van der Waals surface area contributed by atoms with Crippen LogP contribution in [0.4, 0.5) is 5.69 Å². The van der Waals surface area contributed by atoms with Gasteiger partial charge in [0.2, 0.25) is 0 Å². The quantitative estimate of drug-likeness (QED) is 0.779. The Morgan fingerprint density at radius 2 is 1.85 bits per heavy atom. The molecule has 3 nitrogen and oxygen atoms in total. The van der Waals surface area contributed by atoms with Crippen molar-refractivity contribution in [3.63, 3.8) is 0 Å². The summed E-state index contributed by atoms with van der Waals surface area (Å²) in [6, 6.07) is 14.6. The van der Waals surface area contributed by atoms with E-state index in [-0.39, 0.29) is 0 Å². The topological polar surface area (TPSA) is 31.9 Å². The van der Waals surface area contributed by atoms with Gasteiger partial charge in [0.05, 0.1) is 0 Å². The molecule has 0 bridgehead atoms. The second kappa shape index (κ2) is 5.21. The Morgan fingerprint density at radius 3 is 2.55 bits per heavy atom. The number of aromatic amines is 1. The molecule has 0 aliphatic heterocycles. The zero-order chi connectivity index (χ0) is 13.9. The summed E-state index contributed by atoms with van der Waals surface area (Å²) in [6.45, 7) is 0. The third-order valence-corrected chi connectivity index (χ3v) is 3.28. The number of hydrogen-bond acceptors (Lipinski definition) is 2. The molecule has 0 saturated carbocycles. The highest BCUT2D eigenvalue weighted by Gasteiger charge is 1.98. The Bertz CT molecular complexity index is 703. The number of pyridine rings is 1. The minimum Gasteiger partial charge on any atom is -0.378 e. The van der Waals surface area contributed by atoms with Crippen LogP contribution in [0.25, 0.3) is 23.2 Å². The van der Waals surface area contributed by atoms with Crippen molar-refractivity contribution in [3.8, 4) is 0 Å². The molecule has 0 aliphatic carbocycles. The Balaban J connectivity index is 1.82. The highest BCUT2D eigenvalue weighted by atomic mass is 15.1. The highest BCUT2D eigenvalue weighted by molar-refractivity contribution is 5.81. The average molecular weight is 263 g/mol. The van der Waals surface area contributed by atoms with Gasteiger partial charge >= 0.3 is 0 Å². The molecule has 0 spiro atoms. The summed E-state index contributed by atoms with van der Waals surface area (Å²) in [4.78, 5) is 9.68. The first kappa shape index (κ1) is 12.5. The number of H-pyrrole nitrogens is 1. The van der Waals surface area contributed by atoms with E-state index >= 15 is 0 Å². The lowest BCUT2D eigenvalue weighted by molar-refractivity contribution is 1.13. The van der Waals surface area contributed by atoms with Gasteiger partial charge in [-0.1, -0.05) is 18.2 Å². The lowest BCUT2D eigenvalue weighted by atomic mass is 10.2. The molecule has 0 fully saturated rings. The van der Waals surface area contributed by atoms with Gasteiger partial charge in [-0.25, -0.2) is 4.98 Å². The van der Waals surface area contributed by atoms with Crippen molar-refractivity contribution in [2.75, 3.05) is 19.0 Å². The maximum atomic E-state index is 4.29. The highest BCUT2D eigenvalue weighted by Crippen LogP contribution is 2.16. The van der Waals surface area contributed by atoms with Gasteiger partial charge in [0.25, 0.3) is 0 Å². The Labute approximate surface area is 118 Å². The van der Waals surface area contributed by atoms with Crippen LogP contribution in [0.15, 0.2) is 48.7 Å². The minimum absolute atomic E-state index is 0.926.